The Labute approximate surface area is 117 Å². The number of aromatic nitrogens is 2. The van der Waals surface area contributed by atoms with Gasteiger partial charge in [0.15, 0.2) is 0 Å². The number of nitrogens with two attached hydrogens (primary N) is 1. The second-order valence-electron chi connectivity index (χ2n) is 4.46. The van der Waals surface area contributed by atoms with Crippen LogP contribution >= 0.6 is 0 Å². The smallest absolute Gasteiger partial charge is 0.305 e. The van der Waals surface area contributed by atoms with Gasteiger partial charge in [0.25, 0.3) is 0 Å². The minimum atomic E-state index is -0.816. The maximum absolute atomic E-state index is 10.8. The van der Waals surface area contributed by atoms with E-state index in [0.29, 0.717) is 25.3 Å². The summed E-state index contributed by atoms with van der Waals surface area (Å²) in [5.74, 6) is -0.816. The van der Waals surface area contributed by atoms with Gasteiger partial charge in [-0.1, -0.05) is 12.1 Å². The Kier molecular flexibility index (Phi) is 4.60. The molecule has 0 unspecified atom stereocenters. The molecule has 6 nitrogen and oxygen atoms in total. The van der Waals surface area contributed by atoms with E-state index in [1.807, 2.05) is 46.1 Å². The number of hydrogen-bond acceptors (Lipinski definition) is 4. The van der Waals surface area contributed by atoms with Crippen molar-refractivity contribution in [2.75, 3.05) is 23.7 Å². The first-order valence-corrected chi connectivity index (χ1v) is 6.45. The van der Waals surface area contributed by atoms with E-state index in [1.54, 1.807) is 6.20 Å². The predicted octanol–water partition coefficient (Wildman–Crippen LogP) is 1.45. The molecular weight excluding hydrogens is 256 g/mol. The van der Waals surface area contributed by atoms with Gasteiger partial charge in [0.1, 0.15) is 0 Å². The quantitative estimate of drug-likeness (QED) is 0.746. The summed E-state index contributed by atoms with van der Waals surface area (Å²) in [5, 5.41) is 13.0. The van der Waals surface area contributed by atoms with Crippen LogP contribution in [0.5, 0.6) is 0 Å². The lowest BCUT2D eigenvalue weighted by molar-refractivity contribution is -0.136. The Hall–Kier alpha value is -2.50. The lowest BCUT2D eigenvalue weighted by Crippen LogP contribution is -2.30. The highest BCUT2D eigenvalue weighted by atomic mass is 16.4. The zero-order valence-corrected chi connectivity index (χ0v) is 11.1. The van der Waals surface area contributed by atoms with E-state index >= 15 is 0 Å². The maximum Gasteiger partial charge on any atom is 0.305 e. The molecule has 20 heavy (non-hydrogen) atoms. The van der Waals surface area contributed by atoms with Crippen LogP contribution < -0.4 is 10.6 Å². The summed E-state index contributed by atoms with van der Waals surface area (Å²) in [4.78, 5) is 12.8. The van der Waals surface area contributed by atoms with Crippen LogP contribution in [0.3, 0.4) is 0 Å². The summed E-state index contributed by atoms with van der Waals surface area (Å²) in [6.45, 7) is 1.76. The third-order valence-corrected chi connectivity index (χ3v) is 3.03. The van der Waals surface area contributed by atoms with E-state index in [-0.39, 0.29) is 6.42 Å². The summed E-state index contributed by atoms with van der Waals surface area (Å²) in [7, 11) is 0. The number of para-hydroxylation sites is 2. The predicted molar refractivity (Wildman–Crippen MR) is 77.5 cm³/mol. The number of aliphatic carboxylic acids is 1. The number of carbonyl (C=O) groups is 1. The molecule has 0 amide bonds. The van der Waals surface area contributed by atoms with Crippen molar-refractivity contribution in [2.45, 2.75) is 13.0 Å². The Morgan fingerprint density at radius 2 is 2.10 bits per heavy atom. The molecule has 0 aliphatic heterocycles. The molecule has 6 heteroatoms. The largest absolute Gasteiger partial charge is 0.481 e. The zero-order chi connectivity index (χ0) is 14.4. The zero-order valence-electron chi connectivity index (χ0n) is 11.1. The number of anilines is 2. The lowest BCUT2D eigenvalue weighted by atomic mass is 10.2. The van der Waals surface area contributed by atoms with Gasteiger partial charge in [-0.05, 0) is 18.2 Å². The molecule has 0 saturated heterocycles. The highest BCUT2D eigenvalue weighted by molar-refractivity contribution is 5.70. The highest BCUT2D eigenvalue weighted by Crippen LogP contribution is 2.22. The lowest BCUT2D eigenvalue weighted by Gasteiger charge is -2.25. The van der Waals surface area contributed by atoms with Gasteiger partial charge in [0, 0.05) is 25.5 Å². The molecule has 2 aromatic rings. The van der Waals surface area contributed by atoms with Crippen LogP contribution in [0.25, 0.3) is 0 Å². The van der Waals surface area contributed by atoms with Gasteiger partial charge in [-0.3, -0.25) is 9.48 Å². The SMILES string of the molecule is Nc1ccccc1N(CCC(=O)O)CCn1cccn1. The van der Waals surface area contributed by atoms with Crippen molar-refractivity contribution in [2.24, 2.45) is 0 Å². The number of benzene rings is 1. The minimum absolute atomic E-state index is 0.0768. The van der Waals surface area contributed by atoms with Crippen LogP contribution in [0.2, 0.25) is 0 Å². The summed E-state index contributed by atoms with van der Waals surface area (Å²) >= 11 is 0. The van der Waals surface area contributed by atoms with Crippen molar-refractivity contribution in [1.82, 2.24) is 9.78 Å². The second-order valence-corrected chi connectivity index (χ2v) is 4.46. The molecular formula is C14H18N4O2. The van der Waals surface area contributed by atoms with E-state index in [9.17, 15) is 4.79 Å². The molecule has 0 radical (unpaired) electrons. The van der Waals surface area contributed by atoms with Crippen LogP contribution in [0.1, 0.15) is 6.42 Å². The third kappa shape index (κ3) is 3.74. The molecule has 2 rings (SSSR count). The number of nitrogens with zero attached hydrogens (tertiary/aromatic N) is 3. The van der Waals surface area contributed by atoms with Gasteiger partial charge in [0.05, 0.1) is 24.3 Å². The molecule has 0 spiro atoms. The molecule has 1 heterocycles. The summed E-state index contributed by atoms with van der Waals surface area (Å²) in [6, 6.07) is 9.34. The Balaban J connectivity index is 2.07. The average Bonchev–Trinajstić information content (AvgIpc) is 2.93. The molecule has 0 aliphatic rings. The molecule has 0 aliphatic carbocycles. The topological polar surface area (TPSA) is 84.4 Å². The van der Waals surface area contributed by atoms with Crippen LogP contribution in [-0.2, 0) is 11.3 Å². The molecule has 106 valence electrons. The van der Waals surface area contributed by atoms with E-state index in [0.717, 1.165) is 5.69 Å². The number of carboxylic acid groups (broad SMARTS) is 1. The van der Waals surface area contributed by atoms with Crippen molar-refractivity contribution >= 4 is 17.3 Å². The number of hydrogen-bond donors (Lipinski definition) is 2. The molecule has 0 fully saturated rings. The van der Waals surface area contributed by atoms with E-state index < -0.39 is 5.97 Å². The van der Waals surface area contributed by atoms with Crippen LogP contribution in [0.4, 0.5) is 11.4 Å². The maximum atomic E-state index is 10.8. The normalized spacial score (nSPS) is 10.4. The van der Waals surface area contributed by atoms with E-state index in [4.69, 9.17) is 10.8 Å². The van der Waals surface area contributed by atoms with Crippen molar-refractivity contribution in [3.05, 3.63) is 42.7 Å². The second kappa shape index (κ2) is 6.60. The standard InChI is InChI=1S/C14H18N4O2/c15-12-4-1-2-5-13(12)17(9-6-14(19)20)10-11-18-8-3-7-16-18/h1-5,7-8H,6,9-11,15H2,(H,19,20). The Morgan fingerprint density at radius 1 is 1.30 bits per heavy atom. The van der Waals surface area contributed by atoms with Gasteiger partial charge < -0.3 is 15.7 Å². The Morgan fingerprint density at radius 3 is 2.75 bits per heavy atom. The molecule has 0 bridgehead atoms. The third-order valence-electron chi connectivity index (χ3n) is 3.03. The van der Waals surface area contributed by atoms with Crippen molar-refractivity contribution < 1.29 is 9.90 Å². The first-order valence-electron chi connectivity index (χ1n) is 6.45. The van der Waals surface area contributed by atoms with Gasteiger partial charge in [0.2, 0.25) is 0 Å². The van der Waals surface area contributed by atoms with Crippen molar-refractivity contribution in [3.8, 4) is 0 Å². The summed E-state index contributed by atoms with van der Waals surface area (Å²) < 4.78 is 1.81. The van der Waals surface area contributed by atoms with Gasteiger partial charge in [-0.25, -0.2) is 0 Å². The Bertz CT molecular complexity index is 554. The summed E-state index contributed by atoms with van der Waals surface area (Å²) in [5.41, 5.74) is 7.48. The van der Waals surface area contributed by atoms with E-state index in [2.05, 4.69) is 5.10 Å². The first kappa shape index (κ1) is 13.9. The van der Waals surface area contributed by atoms with Crippen molar-refractivity contribution in [3.63, 3.8) is 0 Å². The van der Waals surface area contributed by atoms with Gasteiger partial charge in [-0.2, -0.15) is 5.10 Å². The molecule has 0 saturated carbocycles. The number of carboxylic acids is 1. The van der Waals surface area contributed by atoms with Crippen LogP contribution in [0, 0.1) is 0 Å². The number of nitrogen functional groups attached to an aromatic ring is 1. The molecule has 3 N–H and O–H groups in total. The fourth-order valence-electron chi connectivity index (χ4n) is 2.01. The fourth-order valence-corrected chi connectivity index (χ4v) is 2.01. The first-order chi connectivity index (χ1) is 9.66. The molecule has 0 atom stereocenters. The summed E-state index contributed by atoms with van der Waals surface area (Å²) in [6.07, 6.45) is 3.68. The van der Waals surface area contributed by atoms with Crippen LogP contribution in [-0.4, -0.2) is 33.9 Å². The minimum Gasteiger partial charge on any atom is -0.481 e. The monoisotopic (exact) mass is 274 g/mol. The van der Waals surface area contributed by atoms with E-state index in [1.165, 1.54) is 0 Å². The number of rotatable bonds is 7. The molecule has 1 aromatic heterocycles. The van der Waals surface area contributed by atoms with Crippen molar-refractivity contribution in [1.29, 1.82) is 0 Å². The van der Waals surface area contributed by atoms with Crippen LogP contribution in [0.15, 0.2) is 42.7 Å². The highest BCUT2D eigenvalue weighted by Gasteiger charge is 2.11. The fraction of sp³-hybridized carbons (Fsp3) is 0.286. The average molecular weight is 274 g/mol. The van der Waals surface area contributed by atoms with Gasteiger partial charge >= 0.3 is 5.97 Å². The molecule has 1 aromatic carbocycles. The van der Waals surface area contributed by atoms with Gasteiger partial charge in [-0.15, -0.1) is 0 Å².